The fourth-order valence-corrected chi connectivity index (χ4v) is 10.9. The number of amides is 3. The van der Waals surface area contributed by atoms with Crippen molar-refractivity contribution in [3.8, 4) is 0 Å². The lowest BCUT2D eigenvalue weighted by molar-refractivity contribution is -0.131. The van der Waals surface area contributed by atoms with E-state index in [9.17, 15) is 18.0 Å². The van der Waals surface area contributed by atoms with Crippen molar-refractivity contribution in [2.75, 3.05) is 25.4 Å². The van der Waals surface area contributed by atoms with Crippen LogP contribution in [-0.2, 0) is 26.7 Å². The lowest BCUT2D eigenvalue weighted by Crippen LogP contribution is -2.56. The molecule has 3 amide bonds. The van der Waals surface area contributed by atoms with Crippen molar-refractivity contribution >= 4 is 22.0 Å². The van der Waals surface area contributed by atoms with E-state index in [4.69, 9.17) is 5.73 Å². The smallest absolute Gasteiger partial charge is 0.325 e. The average Bonchev–Trinajstić information content (AvgIpc) is 3.49. The second-order valence-corrected chi connectivity index (χ2v) is 14.4. The Hall–Kier alpha value is -1.97. The third-order valence-corrected chi connectivity index (χ3v) is 13.0. The number of rotatable bonds is 5. The van der Waals surface area contributed by atoms with Gasteiger partial charge in [-0.15, -0.1) is 0 Å². The summed E-state index contributed by atoms with van der Waals surface area (Å²) < 4.78 is 29.7. The zero-order chi connectivity index (χ0) is 25.5. The van der Waals surface area contributed by atoms with Crippen molar-refractivity contribution in [2.45, 2.75) is 76.3 Å². The van der Waals surface area contributed by atoms with E-state index in [1.807, 2.05) is 0 Å². The number of piperidine rings is 1. The van der Waals surface area contributed by atoms with Crippen LogP contribution >= 0.6 is 0 Å². The first-order valence-corrected chi connectivity index (χ1v) is 15.1. The number of nitrogens with zero attached hydrogens (tertiary/aromatic N) is 2. The number of hydrogen-bond donors (Lipinski definition) is 2. The Bertz CT molecular complexity index is 1210. The Kier molecular flexibility index (Phi) is 5.42. The Morgan fingerprint density at radius 2 is 1.81 bits per heavy atom. The van der Waals surface area contributed by atoms with Crippen LogP contribution < -0.4 is 11.1 Å². The van der Waals surface area contributed by atoms with E-state index in [1.54, 1.807) is 4.31 Å². The highest BCUT2D eigenvalue weighted by Crippen LogP contribution is 2.67. The van der Waals surface area contributed by atoms with Crippen LogP contribution in [0.1, 0.15) is 63.5 Å². The third-order valence-electron chi connectivity index (χ3n) is 11.0. The Morgan fingerprint density at radius 1 is 1.08 bits per heavy atom. The molecule has 2 heterocycles. The number of carbonyl (C=O) groups is 2. The summed E-state index contributed by atoms with van der Waals surface area (Å²) in [5, 5.41) is 2.70. The first kappa shape index (κ1) is 24.4. The van der Waals surface area contributed by atoms with Crippen molar-refractivity contribution in [1.29, 1.82) is 0 Å². The van der Waals surface area contributed by atoms with Gasteiger partial charge in [-0.1, -0.05) is 38.1 Å². The average molecular weight is 515 g/mol. The zero-order valence-corrected chi connectivity index (χ0v) is 22.1. The molecule has 3 N–H and O–H groups in total. The highest BCUT2D eigenvalue weighted by molar-refractivity contribution is 7.89. The molecule has 4 atom stereocenters. The maximum atomic E-state index is 14.0. The number of nitrogens with one attached hydrogen (secondary N) is 1. The number of carbonyl (C=O) groups excluding carboxylic acids is 2. The van der Waals surface area contributed by atoms with Gasteiger partial charge in [0.15, 0.2) is 0 Å². The molecule has 9 heteroatoms. The molecule has 0 radical (unpaired) electrons. The second-order valence-electron chi connectivity index (χ2n) is 12.4. The number of aryl methyl sites for hydroxylation is 1. The molecule has 4 fully saturated rings. The predicted octanol–water partition coefficient (Wildman–Crippen LogP) is 2.37. The van der Waals surface area contributed by atoms with Crippen LogP contribution in [-0.4, -0.2) is 67.0 Å². The number of urea groups is 1. The molecule has 196 valence electrons. The first-order chi connectivity index (χ1) is 17.0. The van der Waals surface area contributed by atoms with Gasteiger partial charge in [-0.25, -0.2) is 17.5 Å². The molecule has 8 nitrogen and oxygen atoms in total. The topological polar surface area (TPSA) is 113 Å². The lowest BCUT2D eigenvalue weighted by Gasteiger charge is -2.46. The fraction of sp³-hybridized carbons (Fsp3) is 0.704. The zero-order valence-electron chi connectivity index (χ0n) is 21.3. The Labute approximate surface area is 214 Å². The van der Waals surface area contributed by atoms with Crippen LogP contribution in [0.4, 0.5) is 4.79 Å². The number of nitrogens with two attached hydrogens (primary N) is 1. The van der Waals surface area contributed by atoms with E-state index in [2.05, 4.69) is 43.4 Å². The molecule has 3 aliphatic carbocycles. The maximum Gasteiger partial charge on any atom is 0.325 e. The minimum atomic E-state index is -3.58. The molecule has 2 saturated heterocycles. The van der Waals surface area contributed by atoms with Gasteiger partial charge < -0.3 is 11.1 Å². The van der Waals surface area contributed by atoms with Crippen molar-refractivity contribution in [1.82, 2.24) is 14.5 Å². The van der Waals surface area contributed by atoms with Gasteiger partial charge in [0.1, 0.15) is 6.04 Å². The normalized spacial score (nSPS) is 35.0. The van der Waals surface area contributed by atoms with E-state index in [0.29, 0.717) is 25.9 Å². The summed E-state index contributed by atoms with van der Waals surface area (Å²) in [5.41, 5.74) is 7.69. The van der Waals surface area contributed by atoms with E-state index in [-0.39, 0.29) is 35.0 Å². The van der Waals surface area contributed by atoms with Crippen molar-refractivity contribution in [3.63, 3.8) is 0 Å². The van der Waals surface area contributed by atoms with Gasteiger partial charge in [0.25, 0.3) is 5.91 Å². The number of hydrogen-bond acceptors (Lipinski definition) is 5. The van der Waals surface area contributed by atoms with E-state index >= 15 is 0 Å². The molecule has 6 rings (SSSR count). The minimum absolute atomic E-state index is 0.0118. The quantitative estimate of drug-likeness (QED) is 0.586. The van der Waals surface area contributed by atoms with E-state index < -0.39 is 33.6 Å². The van der Waals surface area contributed by atoms with Gasteiger partial charge in [0.05, 0.1) is 5.75 Å². The minimum Gasteiger partial charge on any atom is -0.328 e. The monoisotopic (exact) mass is 514 g/mol. The van der Waals surface area contributed by atoms with Gasteiger partial charge in [-0.3, -0.25) is 9.69 Å². The summed E-state index contributed by atoms with van der Waals surface area (Å²) in [6.07, 6.45) is 6.16. The molecular formula is C27H38N4O4S. The standard InChI is InChI=1S/C27H38N4O4S/c1-25(2)19-8-10-27(25,22(15-19)31-23(32)21(16-28)29-24(31)33)17-36(34,35)30-13-11-26(12-14-30)9-7-18-5-3-4-6-20(18)26/h3-6,19,21-22H,7-17,28H2,1-2H3,(H,29,33)/t19-,21?,22+,27-/m1/s1. The van der Waals surface area contributed by atoms with Crippen LogP contribution in [0.2, 0.25) is 0 Å². The molecule has 0 aromatic heterocycles. The van der Waals surface area contributed by atoms with Crippen molar-refractivity contribution < 1.29 is 18.0 Å². The largest absolute Gasteiger partial charge is 0.328 e. The van der Waals surface area contributed by atoms with E-state index in [0.717, 1.165) is 32.1 Å². The van der Waals surface area contributed by atoms with Gasteiger partial charge in [-0.2, -0.15) is 0 Å². The van der Waals surface area contributed by atoms with Gasteiger partial charge in [0, 0.05) is 31.1 Å². The fourth-order valence-electron chi connectivity index (χ4n) is 8.63. The molecule has 5 aliphatic rings. The Balaban J connectivity index is 1.25. The number of benzene rings is 1. The van der Waals surface area contributed by atoms with Crippen LogP contribution in [0.5, 0.6) is 0 Å². The number of imide groups is 1. The first-order valence-electron chi connectivity index (χ1n) is 13.4. The molecule has 36 heavy (non-hydrogen) atoms. The third kappa shape index (κ3) is 3.21. The molecule has 2 aliphatic heterocycles. The molecule has 2 bridgehead atoms. The summed E-state index contributed by atoms with van der Waals surface area (Å²) in [7, 11) is -3.58. The van der Waals surface area contributed by atoms with Gasteiger partial charge >= 0.3 is 6.03 Å². The van der Waals surface area contributed by atoms with Crippen molar-refractivity contribution in [2.24, 2.45) is 22.5 Å². The summed E-state index contributed by atoms with van der Waals surface area (Å²) in [5.74, 6) is -0.0375. The molecule has 2 saturated carbocycles. The molecule has 1 unspecified atom stereocenters. The van der Waals surface area contributed by atoms with Crippen LogP contribution in [0.3, 0.4) is 0 Å². The molecular weight excluding hydrogens is 476 g/mol. The summed E-state index contributed by atoms with van der Waals surface area (Å²) in [6.45, 7) is 5.38. The van der Waals surface area contributed by atoms with E-state index in [1.165, 1.54) is 16.0 Å². The second kappa shape index (κ2) is 8.01. The summed E-state index contributed by atoms with van der Waals surface area (Å²) in [6, 6.07) is 7.05. The summed E-state index contributed by atoms with van der Waals surface area (Å²) in [4.78, 5) is 27.3. The molecule has 1 aromatic carbocycles. The maximum absolute atomic E-state index is 14.0. The van der Waals surface area contributed by atoms with Crippen LogP contribution in [0.15, 0.2) is 24.3 Å². The number of fused-ring (bicyclic) bond motifs is 4. The summed E-state index contributed by atoms with van der Waals surface area (Å²) >= 11 is 0. The highest BCUT2D eigenvalue weighted by atomic mass is 32.2. The van der Waals surface area contributed by atoms with Gasteiger partial charge in [-0.05, 0) is 72.8 Å². The van der Waals surface area contributed by atoms with Crippen LogP contribution in [0, 0.1) is 16.7 Å². The lowest BCUT2D eigenvalue weighted by atomic mass is 9.68. The number of sulfonamides is 1. The van der Waals surface area contributed by atoms with Gasteiger partial charge in [0.2, 0.25) is 10.0 Å². The van der Waals surface area contributed by atoms with Crippen LogP contribution in [0.25, 0.3) is 0 Å². The predicted molar refractivity (Wildman–Crippen MR) is 137 cm³/mol. The SMILES string of the molecule is CC1(C)[C@@H]2CC[C@@]1(CS(=O)(=O)N1CCC3(CCc4ccccc43)CC1)[C@@H](N1C(=O)NC(CN)C1=O)C2. The highest BCUT2D eigenvalue weighted by Gasteiger charge is 2.68. The molecule has 1 spiro atoms. The molecule has 1 aromatic rings. The van der Waals surface area contributed by atoms with Crippen molar-refractivity contribution in [3.05, 3.63) is 35.4 Å². The Morgan fingerprint density at radius 3 is 2.47 bits per heavy atom.